The Balaban J connectivity index is 1.82. The first-order valence-electron chi connectivity index (χ1n) is 10.3. The van der Waals surface area contributed by atoms with Gasteiger partial charge in [0.2, 0.25) is 0 Å². The van der Waals surface area contributed by atoms with E-state index in [0.29, 0.717) is 0 Å². The quantitative estimate of drug-likeness (QED) is 0.285. The van der Waals surface area contributed by atoms with Crippen LogP contribution in [0, 0.1) is 23.7 Å². The molecule has 0 aromatic carbocycles. The summed E-state index contributed by atoms with van der Waals surface area (Å²) in [5.41, 5.74) is 2.41. The standard InChI is InChI=1S/C24H32S2/c1-3-5-7-9-11-13-15-17-21-19-25-24-22(20-26-23(21)24)18-16-14-12-10-8-6-4-2/h19-20H,3-14H2,1-2H3. The molecule has 2 aromatic heterocycles. The van der Waals surface area contributed by atoms with Gasteiger partial charge in [0.05, 0.1) is 20.5 Å². The van der Waals surface area contributed by atoms with E-state index in [4.69, 9.17) is 0 Å². The van der Waals surface area contributed by atoms with Crippen molar-refractivity contribution < 1.29 is 0 Å². The molecule has 0 spiro atoms. The fourth-order valence-corrected chi connectivity index (χ4v) is 5.11. The topological polar surface area (TPSA) is 0 Å². The Morgan fingerprint density at radius 1 is 0.615 bits per heavy atom. The molecule has 2 aromatic rings. The summed E-state index contributed by atoms with van der Waals surface area (Å²) in [5.74, 6) is 13.5. The van der Waals surface area contributed by atoms with Crippen molar-refractivity contribution in [1.29, 1.82) is 0 Å². The molecular formula is C24H32S2. The lowest BCUT2D eigenvalue weighted by molar-refractivity contribution is 0.641. The summed E-state index contributed by atoms with van der Waals surface area (Å²) in [4.78, 5) is 0. The highest BCUT2D eigenvalue weighted by atomic mass is 32.1. The third-order valence-electron chi connectivity index (χ3n) is 4.54. The first kappa shape index (κ1) is 21.1. The number of fused-ring (bicyclic) bond motifs is 1. The fourth-order valence-electron chi connectivity index (χ4n) is 2.94. The van der Waals surface area contributed by atoms with Crippen LogP contribution in [0.1, 0.15) is 102 Å². The lowest BCUT2D eigenvalue weighted by Gasteiger charge is -1.94. The van der Waals surface area contributed by atoms with Crippen molar-refractivity contribution in [3.63, 3.8) is 0 Å². The highest BCUT2D eigenvalue weighted by Crippen LogP contribution is 2.33. The molecule has 0 N–H and O–H groups in total. The van der Waals surface area contributed by atoms with Gasteiger partial charge in [0.25, 0.3) is 0 Å². The van der Waals surface area contributed by atoms with Crippen molar-refractivity contribution in [2.75, 3.05) is 0 Å². The Kier molecular flexibility index (Phi) is 10.6. The van der Waals surface area contributed by atoms with E-state index in [1.54, 1.807) is 22.7 Å². The number of hydrogen-bond donors (Lipinski definition) is 0. The first-order chi connectivity index (χ1) is 12.9. The molecule has 0 aliphatic rings. The van der Waals surface area contributed by atoms with Gasteiger partial charge in [0, 0.05) is 23.6 Å². The van der Waals surface area contributed by atoms with Crippen molar-refractivity contribution in [1.82, 2.24) is 0 Å². The molecule has 0 fully saturated rings. The predicted molar refractivity (Wildman–Crippen MR) is 120 cm³/mol. The molecule has 0 saturated heterocycles. The van der Waals surface area contributed by atoms with Crippen molar-refractivity contribution in [3.8, 4) is 23.7 Å². The number of unbranched alkanes of at least 4 members (excludes halogenated alkanes) is 10. The Hall–Kier alpha value is -1.22. The van der Waals surface area contributed by atoms with Gasteiger partial charge in [0.15, 0.2) is 0 Å². The minimum atomic E-state index is 1.02. The van der Waals surface area contributed by atoms with Crippen LogP contribution in [0.3, 0.4) is 0 Å². The molecule has 0 radical (unpaired) electrons. The van der Waals surface area contributed by atoms with Gasteiger partial charge in [-0.15, -0.1) is 22.7 Å². The summed E-state index contributed by atoms with van der Waals surface area (Å²) in [6.45, 7) is 4.52. The van der Waals surface area contributed by atoms with Crippen LogP contribution in [-0.4, -0.2) is 0 Å². The molecular weight excluding hydrogens is 352 g/mol. The minimum absolute atomic E-state index is 1.02. The maximum atomic E-state index is 3.39. The lowest BCUT2D eigenvalue weighted by Crippen LogP contribution is -1.76. The van der Waals surface area contributed by atoms with E-state index in [0.717, 1.165) is 12.8 Å². The van der Waals surface area contributed by atoms with E-state index in [1.165, 1.54) is 84.7 Å². The van der Waals surface area contributed by atoms with Crippen LogP contribution < -0.4 is 0 Å². The van der Waals surface area contributed by atoms with Gasteiger partial charge in [-0.3, -0.25) is 0 Å². The van der Waals surface area contributed by atoms with Crippen molar-refractivity contribution in [2.45, 2.75) is 90.9 Å². The summed E-state index contributed by atoms with van der Waals surface area (Å²) in [5, 5.41) is 4.42. The molecule has 0 amide bonds. The molecule has 140 valence electrons. The van der Waals surface area contributed by atoms with Gasteiger partial charge in [-0.25, -0.2) is 0 Å². The van der Waals surface area contributed by atoms with Gasteiger partial charge in [-0.2, -0.15) is 0 Å². The van der Waals surface area contributed by atoms with Crippen molar-refractivity contribution in [3.05, 3.63) is 21.9 Å². The van der Waals surface area contributed by atoms with Crippen LogP contribution in [-0.2, 0) is 0 Å². The largest absolute Gasteiger partial charge is 0.140 e. The molecule has 26 heavy (non-hydrogen) atoms. The van der Waals surface area contributed by atoms with Gasteiger partial charge in [0.1, 0.15) is 0 Å². The van der Waals surface area contributed by atoms with E-state index in [2.05, 4.69) is 48.3 Å². The molecule has 0 aliphatic carbocycles. The normalized spacial score (nSPS) is 10.4. The van der Waals surface area contributed by atoms with Crippen LogP contribution in [0.5, 0.6) is 0 Å². The molecule has 0 nitrogen and oxygen atoms in total. The maximum absolute atomic E-state index is 3.39. The van der Waals surface area contributed by atoms with Gasteiger partial charge in [-0.1, -0.05) is 88.9 Å². The van der Waals surface area contributed by atoms with Crippen molar-refractivity contribution >= 4 is 32.1 Å². The zero-order valence-electron chi connectivity index (χ0n) is 16.5. The molecule has 2 rings (SSSR count). The molecule has 0 aliphatic heterocycles. The molecule has 0 saturated carbocycles. The third kappa shape index (κ3) is 7.19. The van der Waals surface area contributed by atoms with Gasteiger partial charge < -0.3 is 0 Å². The molecule has 0 atom stereocenters. The summed E-state index contributed by atoms with van der Waals surface area (Å²) in [6.07, 6.45) is 15.2. The van der Waals surface area contributed by atoms with E-state index in [1.807, 2.05) is 0 Å². The molecule has 0 unspecified atom stereocenters. The van der Waals surface area contributed by atoms with Crippen LogP contribution in [0.15, 0.2) is 10.8 Å². The minimum Gasteiger partial charge on any atom is -0.140 e. The summed E-state index contributed by atoms with van der Waals surface area (Å²) in [6, 6.07) is 0. The van der Waals surface area contributed by atoms with Gasteiger partial charge >= 0.3 is 0 Å². The second-order valence-electron chi connectivity index (χ2n) is 6.89. The van der Waals surface area contributed by atoms with E-state index in [9.17, 15) is 0 Å². The number of hydrogen-bond acceptors (Lipinski definition) is 2. The highest BCUT2D eigenvalue weighted by molar-refractivity contribution is 7.26. The van der Waals surface area contributed by atoms with Crippen LogP contribution in [0.25, 0.3) is 9.40 Å². The molecule has 0 bridgehead atoms. The first-order valence-corrected chi connectivity index (χ1v) is 12.1. The zero-order valence-corrected chi connectivity index (χ0v) is 18.1. The second kappa shape index (κ2) is 13.0. The van der Waals surface area contributed by atoms with E-state index in [-0.39, 0.29) is 0 Å². The van der Waals surface area contributed by atoms with Crippen molar-refractivity contribution in [2.24, 2.45) is 0 Å². The SMILES string of the molecule is CCCCCCCC#Cc1csc2c(C#CCCCCCCC)csc12. The molecule has 2 heteroatoms. The van der Waals surface area contributed by atoms with E-state index < -0.39 is 0 Å². The summed E-state index contributed by atoms with van der Waals surface area (Å²) < 4.78 is 2.67. The Labute approximate surface area is 168 Å². The Morgan fingerprint density at radius 2 is 1.04 bits per heavy atom. The van der Waals surface area contributed by atoms with Gasteiger partial charge in [-0.05, 0) is 12.8 Å². The fraction of sp³-hybridized carbons (Fsp3) is 0.583. The smallest absolute Gasteiger partial charge is 0.0620 e. The summed E-state index contributed by atoms with van der Waals surface area (Å²) in [7, 11) is 0. The zero-order chi connectivity index (χ0) is 18.5. The lowest BCUT2D eigenvalue weighted by atomic mass is 10.1. The van der Waals surface area contributed by atoms with E-state index >= 15 is 0 Å². The Morgan fingerprint density at radius 3 is 1.46 bits per heavy atom. The Bertz CT molecular complexity index is 689. The van der Waals surface area contributed by atoms with Crippen LogP contribution in [0.2, 0.25) is 0 Å². The second-order valence-corrected chi connectivity index (χ2v) is 8.65. The average Bonchev–Trinajstić information content (AvgIpc) is 3.23. The van der Waals surface area contributed by atoms with Crippen LogP contribution >= 0.6 is 22.7 Å². The number of rotatable bonds is 10. The van der Waals surface area contributed by atoms with Crippen LogP contribution in [0.4, 0.5) is 0 Å². The maximum Gasteiger partial charge on any atom is 0.0620 e. The third-order valence-corrected chi connectivity index (χ3v) is 6.70. The monoisotopic (exact) mass is 384 g/mol. The summed E-state index contributed by atoms with van der Waals surface area (Å²) >= 11 is 3.60. The number of thiophene rings is 2. The highest BCUT2D eigenvalue weighted by Gasteiger charge is 2.07. The molecule has 2 heterocycles. The average molecular weight is 385 g/mol. The predicted octanol–water partition coefficient (Wildman–Crippen LogP) is 8.39.